The summed E-state index contributed by atoms with van der Waals surface area (Å²) in [6.45, 7) is 0.841. The van der Waals surface area contributed by atoms with Gasteiger partial charge in [-0.1, -0.05) is 18.2 Å². The van der Waals surface area contributed by atoms with Crippen molar-refractivity contribution in [1.29, 1.82) is 0 Å². The van der Waals surface area contributed by atoms with Crippen LogP contribution in [-0.4, -0.2) is 42.7 Å². The van der Waals surface area contributed by atoms with Crippen molar-refractivity contribution in [3.8, 4) is 0 Å². The Kier molecular flexibility index (Phi) is 5.59. The third-order valence-corrected chi connectivity index (χ3v) is 8.99. The van der Waals surface area contributed by atoms with E-state index >= 15 is 0 Å². The number of fused-ring (bicyclic) bond motifs is 1. The van der Waals surface area contributed by atoms with E-state index in [1.165, 1.54) is 4.31 Å². The highest BCUT2D eigenvalue weighted by atomic mass is 79.9. The predicted molar refractivity (Wildman–Crippen MR) is 114 cm³/mol. The molecule has 3 aromatic rings. The van der Waals surface area contributed by atoms with Crippen molar-refractivity contribution >= 4 is 54.1 Å². The van der Waals surface area contributed by atoms with Gasteiger partial charge in [0.05, 0.1) is 3.79 Å². The highest BCUT2D eigenvalue weighted by Gasteiger charge is 2.39. The molecule has 1 aliphatic heterocycles. The number of H-pyrrole nitrogens is 1. The molecular weight excluding hydrogens is 462 g/mol. The van der Waals surface area contributed by atoms with Crippen molar-refractivity contribution in [2.45, 2.75) is 29.5 Å². The number of aromatic nitrogens is 1. The molecule has 1 saturated heterocycles. The minimum absolute atomic E-state index is 0.225. The number of nitrogens with one attached hydrogen (secondary N) is 2. The Hall–Kier alpha value is -1.68. The minimum atomic E-state index is -3.65. The molecule has 3 heterocycles. The number of hydrogen-bond donors (Lipinski definition) is 2. The zero-order valence-electron chi connectivity index (χ0n) is 15.0. The molecule has 0 bridgehead atoms. The summed E-state index contributed by atoms with van der Waals surface area (Å²) in [6.07, 6.45) is 3.88. The molecular formula is C19H20BrN3O3S2. The minimum Gasteiger partial charge on any atom is -0.361 e. The van der Waals surface area contributed by atoms with Crippen LogP contribution >= 0.6 is 27.3 Å². The summed E-state index contributed by atoms with van der Waals surface area (Å²) < 4.78 is 28.2. The number of hydrogen-bond acceptors (Lipinski definition) is 4. The maximum atomic E-state index is 12.9. The smallest absolute Gasteiger partial charge is 0.253 e. The van der Waals surface area contributed by atoms with Gasteiger partial charge in [-0.05, 0) is 59.0 Å². The van der Waals surface area contributed by atoms with Crippen LogP contribution < -0.4 is 5.32 Å². The molecule has 9 heteroatoms. The van der Waals surface area contributed by atoms with Gasteiger partial charge in [-0.25, -0.2) is 8.42 Å². The van der Waals surface area contributed by atoms with E-state index in [4.69, 9.17) is 0 Å². The van der Waals surface area contributed by atoms with Crippen LogP contribution in [0.25, 0.3) is 10.9 Å². The van der Waals surface area contributed by atoms with E-state index < -0.39 is 16.1 Å². The van der Waals surface area contributed by atoms with E-state index in [0.29, 0.717) is 32.4 Å². The van der Waals surface area contributed by atoms with Gasteiger partial charge in [0.25, 0.3) is 10.0 Å². The first-order chi connectivity index (χ1) is 13.5. The molecule has 1 atom stereocenters. The average molecular weight is 482 g/mol. The summed E-state index contributed by atoms with van der Waals surface area (Å²) in [7, 11) is -3.65. The number of nitrogens with zero attached hydrogens (tertiary/aromatic N) is 1. The Labute approximate surface area is 176 Å². The van der Waals surface area contributed by atoms with Crippen LogP contribution in [-0.2, 0) is 21.2 Å². The summed E-state index contributed by atoms with van der Waals surface area (Å²) in [5.74, 6) is -0.225. The molecule has 0 saturated carbocycles. The second-order valence-corrected chi connectivity index (χ2v) is 11.3. The Balaban J connectivity index is 1.41. The van der Waals surface area contributed by atoms with Gasteiger partial charge < -0.3 is 10.3 Å². The molecule has 1 fully saturated rings. The van der Waals surface area contributed by atoms with Crippen LogP contribution in [0.2, 0.25) is 0 Å². The lowest BCUT2D eigenvalue weighted by molar-refractivity contribution is -0.124. The second-order valence-electron chi connectivity index (χ2n) is 6.73. The fourth-order valence-electron chi connectivity index (χ4n) is 3.62. The topological polar surface area (TPSA) is 82.3 Å². The lowest BCUT2D eigenvalue weighted by Gasteiger charge is -2.22. The third kappa shape index (κ3) is 3.76. The lowest BCUT2D eigenvalue weighted by Crippen LogP contribution is -2.46. The Bertz CT molecular complexity index is 1110. The van der Waals surface area contributed by atoms with E-state index in [2.05, 4.69) is 26.2 Å². The monoisotopic (exact) mass is 481 g/mol. The number of sulfonamides is 1. The number of carbonyl (C=O) groups excluding carboxylic acids is 1. The number of carbonyl (C=O) groups is 1. The molecule has 4 rings (SSSR count). The molecule has 1 aromatic carbocycles. The summed E-state index contributed by atoms with van der Waals surface area (Å²) in [5, 5.41) is 4.07. The predicted octanol–water partition coefficient (Wildman–Crippen LogP) is 3.50. The summed E-state index contributed by atoms with van der Waals surface area (Å²) in [4.78, 5) is 15.9. The largest absolute Gasteiger partial charge is 0.361 e. The van der Waals surface area contributed by atoms with E-state index in [1.54, 1.807) is 12.1 Å². The first-order valence-corrected chi connectivity index (χ1v) is 12.1. The van der Waals surface area contributed by atoms with Crippen LogP contribution in [0.15, 0.2) is 50.6 Å². The zero-order chi connectivity index (χ0) is 19.7. The van der Waals surface area contributed by atoms with Gasteiger partial charge in [-0.3, -0.25) is 4.79 Å². The van der Waals surface area contributed by atoms with Gasteiger partial charge in [-0.2, -0.15) is 4.31 Å². The molecule has 0 radical (unpaired) electrons. The quantitative estimate of drug-likeness (QED) is 0.564. The van der Waals surface area contributed by atoms with Crippen molar-refractivity contribution < 1.29 is 13.2 Å². The molecule has 0 spiro atoms. The van der Waals surface area contributed by atoms with Crippen molar-refractivity contribution in [3.63, 3.8) is 0 Å². The van der Waals surface area contributed by atoms with Crippen LogP contribution in [0.4, 0.5) is 0 Å². The summed E-state index contributed by atoms with van der Waals surface area (Å²) in [6, 6.07) is 10.7. The SMILES string of the molecule is O=C(NCCc1c[nH]c2ccccc12)C1CCCN1S(=O)(=O)c1ccc(Br)s1. The first-order valence-electron chi connectivity index (χ1n) is 9.07. The van der Waals surface area contributed by atoms with Crippen molar-refractivity contribution in [2.75, 3.05) is 13.1 Å². The summed E-state index contributed by atoms with van der Waals surface area (Å²) >= 11 is 4.47. The van der Waals surface area contributed by atoms with Gasteiger partial charge in [0, 0.05) is 30.2 Å². The molecule has 148 valence electrons. The number of rotatable bonds is 6. The van der Waals surface area contributed by atoms with E-state index in [9.17, 15) is 13.2 Å². The molecule has 1 amide bonds. The van der Waals surface area contributed by atoms with E-state index in [1.807, 2.05) is 30.5 Å². The van der Waals surface area contributed by atoms with Crippen molar-refractivity contribution in [1.82, 2.24) is 14.6 Å². The molecule has 1 aliphatic rings. The second kappa shape index (κ2) is 7.98. The van der Waals surface area contributed by atoms with Gasteiger partial charge in [-0.15, -0.1) is 11.3 Å². The molecule has 28 heavy (non-hydrogen) atoms. The fraction of sp³-hybridized carbons (Fsp3) is 0.316. The Morgan fingerprint density at radius 3 is 2.89 bits per heavy atom. The Morgan fingerprint density at radius 1 is 1.29 bits per heavy atom. The van der Waals surface area contributed by atoms with Gasteiger partial charge in [0.1, 0.15) is 10.3 Å². The average Bonchev–Trinajstić information content (AvgIpc) is 3.41. The van der Waals surface area contributed by atoms with Gasteiger partial charge in [0.15, 0.2) is 0 Å². The first kappa shape index (κ1) is 19.6. The number of amides is 1. The number of halogens is 1. The van der Waals surface area contributed by atoms with E-state index in [0.717, 1.165) is 31.6 Å². The molecule has 1 unspecified atom stereocenters. The third-order valence-electron chi connectivity index (χ3n) is 4.99. The molecule has 0 aliphatic carbocycles. The standard InChI is InChI=1S/C19H20BrN3O3S2/c20-17-7-8-18(27-17)28(25,26)23-11-3-6-16(23)19(24)21-10-9-13-12-22-15-5-2-1-4-14(13)15/h1-2,4-5,7-8,12,16,22H,3,6,9-11H2,(H,21,24). The number of para-hydroxylation sites is 1. The van der Waals surface area contributed by atoms with Gasteiger partial charge >= 0.3 is 0 Å². The highest BCUT2D eigenvalue weighted by molar-refractivity contribution is 9.11. The van der Waals surface area contributed by atoms with Crippen molar-refractivity contribution in [2.24, 2.45) is 0 Å². The van der Waals surface area contributed by atoms with Crippen LogP contribution in [0.5, 0.6) is 0 Å². The van der Waals surface area contributed by atoms with Crippen LogP contribution in [0, 0.1) is 0 Å². The molecule has 2 N–H and O–H groups in total. The number of aromatic amines is 1. The zero-order valence-corrected chi connectivity index (χ0v) is 18.2. The molecule has 2 aromatic heterocycles. The fourth-order valence-corrected chi connectivity index (χ4v) is 7.41. The normalized spacial score (nSPS) is 18.0. The summed E-state index contributed by atoms with van der Waals surface area (Å²) in [5.41, 5.74) is 2.20. The highest BCUT2D eigenvalue weighted by Crippen LogP contribution is 2.32. The van der Waals surface area contributed by atoms with Crippen molar-refractivity contribution in [3.05, 3.63) is 51.9 Å². The van der Waals surface area contributed by atoms with E-state index in [-0.39, 0.29) is 10.1 Å². The lowest BCUT2D eigenvalue weighted by atomic mass is 10.1. The van der Waals surface area contributed by atoms with Gasteiger partial charge in [0.2, 0.25) is 5.91 Å². The maximum absolute atomic E-state index is 12.9. The van der Waals surface area contributed by atoms with Crippen LogP contribution in [0.1, 0.15) is 18.4 Å². The maximum Gasteiger partial charge on any atom is 0.253 e. The van der Waals surface area contributed by atoms with Crippen LogP contribution in [0.3, 0.4) is 0 Å². The number of benzene rings is 1. The molecule has 6 nitrogen and oxygen atoms in total. The number of thiophene rings is 1. The Morgan fingerprint density at radius 2 is 2.11 bits per heavy atom.